The van der Waals surface area contributed by atoms with Crippen molar-refractivity contribution in [3.63, 3.8) is 0 Å². The third kappa shape index (κ3) is 2.45. The summed E-state index contributed by atoms with van der Waals surface area (Å²) in [5, 5.41) is 0.886. The summed E-state index contributed by atoms with van der Waals surface area (Å²) in [4.78, 5) is 0. The standard InChI is InChI=1S/C14H13BrO/c1-16-14-7-5-12(6-8-14)13-4-2-3-11(9-13)10-15/h2-9H,10H2,1H3. The van der Waals surface area contributed by atoms with Gasteiger partial charge in [-0.2, -0.15) is 0 Å². The second-order valence-electron chi connectivity index (χ2n) is 3.56. The van der Waals surface area contributed by atoms with Crippen LogP contribution in [0.2, 0.25) is 0 Å². The van der Waals surface area contributed by atoms with E-state index in [2.05, 4.69) is 52.3 Å². The SMILES string of the molecule is COc1ccc(-c2cccc(CBr)c2)cc1. The minimum absolute atomic E-state index is 0.886. The number of ether oxygens (including phenoxy) is 1. The molecular formula is C14H13BrO. The molecule has 0 saturated heterocycles. The summed E-state index contributed by atoms with van der Waals surface area (Å²) in [6.45, 7) is 0. The first kappa shape index (κ1) is 11.2. The number of halogens is 1. The molecule has 0 aliphatic rings. The normalized spacial score (nSPS) is 10.1. The van der Waals surface area contributed by atoms with Crippen LogP contribution in [0, 0.1) is 0 Å². The number of hydrogen-bond donors (Lipinski definition) is 0. The van der Waals surface area contributed by atoms with Crippen molar-refractivity contribution in [3.8, 4) is 16.9 Å². The zero-order valence-electron chi connectivity index (χ0n) is 9.11. The number of rotatable bonds is 3. The number of hydrogen-bond acceptors (Lipinski definition) is 1. The highest BCUT2D eigenvalue weighted by Gasteiger charge is 1.99. The average Bonchev–Trinajstić information content (AvgIpc) is 2.39. The highest BCUT2D eigenvalue weighted by Crippen LogP contribution is 2.23. The van der Waals surface area contributed by atoms with E-state index in [0.29, 0.717) is 0 Å². The summed E-state index contributed by atoms with van der Waals surface area (Å²) in [7, 11) is 1.68. The number of alkyl halides is 1. The fraction of sp³-hybridized carbons (Fsp3) is 0.143. The van der Waals surface area contributed by atoms with Gasteiger partial charge in [-0.25, -0.2) is 0 Å². The molecule has 16 heavy (non-hydrogen) atoms. The molecule has 0 N–H and O–H groups in total. The third-order valence-electron chi connectivity index (χ3n) is 2.50. The zero-order valence-corrected chi connectivity index (χ0v) is 10.7. The fourth-order valence-electron chi connectivity index (χ4n) is 1.62. The predicted molar refractivity (Wildman–Crippen MR) is 71.1 cm³/mol. The van der Waals surface area contributed by atoms with Gasteiger partial charge < -0.3 is 4.74 Å². The molecule has 2 rings (SSSR count). The molecule has 82 valence electrons. The van der Waals surface area contributed by atoms with Gasteiger partial charge in [-0.1, -0.05) is 52.3 Å². The fourth-order valence-corrected chi connectivity index (χ4v) is 1.97. The van der Waals surface area contributed by atoms with Crippen LogP contribution in [0.25, 0.3) is 11.1 Å². The summed E-state index contributed by atoms with van der Waals surface area (Å²) in [6.07, 6.45) is 0. The summed E-state index contributed by atoms with van der Waals surface area (Å²) in [5.74, 6) is 0.889. The summed E-state index contributed by atoms with van der Waals surface area (Å²) < 4.78 is 5.14. The Labute approximate surface area is 104 Å². The highest BCUT2D eigenvalue weighted by atomic mass is 79.9. The first-order valence-electron chi connectivity index (χ1n) is 5.13. The molecule has 0 aliphatic heterocycles. The van der Waals surface area contributed by atoms with Crippen molar-refractivity contribution in [1.29, 1.82) is 0 Å². The van der Waals surface area contributed by atoms with Gasteiger partial charge in [0.15, 0.2) is 0 Å². The van der Waals surface area contributed by atoms with Crippen LogP contribution in [0.5, 0.6) is 5.75 Å². The van der Waals surface area contributed by atoms with Gasteiger partial charge >= 0.3 is 0 Å². The van der Waals surface area contributed by atoms with Crippen molar-refractivity contribution in [2.75, 3.05) is 7.11 Å². The van der Waals surface area contributed by atoms with E-state index < -0.39 is 0 Å². The Morgan fingerprint density at radius 1 is 1.00 bits per heavy atom. The Bertz CT molecular complexity index is 462. The van der Waals surface area contributed by atoms with Crippen molar-refractivity contribution in [2.24, 2.45) is 0 Å². The van der Waals surface area contributed by atoms with Crippen molar-refractivity contribution < 1.29 is 4.74 Å². The molecule has 2 heteroatoms. The van der Waals surface area contributed by atoms with Gasteiger partial charge in [-0.3, -0.25) is 0 Å². The lowest BCUT2D eigenvalue weighted by molar-refractivity contribution is 0.415. The van der Waals surface area contributed by atoms with E-state index in [0.717, 1.165) is 11.1 Å². The maximum absolute atomic E-state index is 5.14. The average molecular weight is 277 g/mol. The Balaban J connectivity index is 2.34. The quantitative estimate of drug-likeness (QED) is 0.762. The van der Waals surface area contributed by atoms with E-state index >= 15 is 0 Å². The van der Waals surface area contributed by atoms with Crippen molar-refractivity contribution in [3.05, 3.63) is 54.1 Å². The van der Waals surface area contributed by atoms with Gasteiger partial charge in [0.05, 0.1) is 7.11 Å². The van der Waals surface area contributed by atoms with Crippen LogP contribution in [-0.2, 0) is 5.33 Å². The van der Waals surface area contributed by atoms with E-state index in [9.17, 15) is 0 Å². The minimum Gasteiger partial charge on any atom is -0.497 e. The largest absolute Gasteiger partial charge is 0.497 e. The molecule has 2 aromatic carbocycles. The van der Waals surface area contributed by atoms with Crippen LogP contribution in [0.4, 0.5) is 0 Å². The molecule has 0 heterocycles. The molecule has 0 saturated carbocycles. The van der Waals surface area contributed by atoms with Gasteiger partial charge in [0.1, 0.15) is 5.75 Å². The van der Waals surface area contributed by atoms with Gasteiger partial charge in [-0.05, 0) is 28.8 Å². The van der Waals surface area contributed by atoms with Crippen molar-refractivity contribution in [2.45, 2.75) is 5.33 Å². The second-order valence-corrected chi connectivity index (χ2v) is 4.12. The van der Waals surface area contributed by atoms with Crippen LogP contribution < -0.4 is 4.74 Å². The molecule has 0 atom stereocenters. The molecular weight excluding hydrogens is 264 g/mol. The molecule has 0 unspecified atom stereocenters. The van der Waals surface area contributed by atoms with Gasteiger partial charge in [0, 0.05) is 5.33 Å². The number of benzene rings is 2. The van der Waals surface area contributed by atoms with Crippen LogP contribution in [0.15, 0.2) is 48.5 Å². The molecule has 0 bridgehead atoms. The number of methoxy groups -OCH3 is 1. The van der Waals surface area contributed by atoms with Gasteiger partial charge in [-0.15, -0.1) is 0 Å². The monoisotopic (exact) mass is 276 g/mol. The van der Waals surface area contributed by atoms with Gasteiger partial charge in [0.2, 0.25) is 0 Å². The van der Waals surface area contributed by atoms with E-state index in [-0.39, 0.29) is 0 Å². The van der Waals surface area contributed by atoms with Crippen molar-refractivity contribution >= 4 is 15.9 Å². The Morgan fingerprint density at radius 3 is 2.38 bits per heavy atom. The maximum atomic E-state index is 5.14. The molecule has 0 aliphatic carbocycles. The molecule has 0 spiro atoms. The summed E-state index contributed by atoms with van der Waals surface area (Å²) in [5.41, 5.74) is 3.73. The predicted octanol–water partition coefficient (Wildman–Crippen LogP) is 4.26. The van der Waals surface area contributed by atoms with Gasteiger partial charge in [0.25, 0.3) is 0 Å². The first-order valence-corrected chi connectivity index (χ1v) is 6.25. The van der Waals surface area contributed by atoms with Crippen LogP contribution in [0.1, 0.15) is 5.56 Å². The third-order valence-corrected chi connectivity index (χ3v) is 3.15. The van der Waals surface area contributed by atoms with Crippen LogP contribution >= 0.6 is 15.9 Å². The minimum atomic E-state index is 0.886. The smallest absolute Gasteiger partial charge is 0.118 e. The Morgan fingerprint density at radius 2 is 1.75 bits per heavy atom. The Kier molecular flexibility index (Phi) is 3.62. The molecule has 2 aromatic rings. The lowest BCUT2D eigenvalue weighted by Gasteiger charge is -2.05. The topological polar surface area (TPSA) is 9.23 Å². The first-order chi connectivity index (χ1) is 7.83. The molecule has 0 radical (unpaired) electrons. The molecule has 0 amide bonds. The summed E-state index contributed by atoms with van der Waals surface area (Å²) >= 11 is 3.47. The van der Waals surface area contributed by atoms with E-state index in [1.54, 1.807) is 7.11 Å². The molecule has 1 nitrogen and oxygen atoms in total. The van der Waals surface area contributed by atoms with E-state index in [4.69, 9.17) is 4.74 Å². The maximum Gasteiger partial charge on any atom is 0.118 e. The van der Waals surface area contributed by atoms with Crippen LogP contribution in [-0.4, -0.2) is 7.11 Å². The Hall–Kier alpha value is -1.28. The van der Waals surface area contributed by atoms with E-state index in [1.165, 1.54) is 16.7 Å². The molecule has 0 aromatic heterocycles. The lowest BCUT2D eigenvalue weighted by Crippen LogP contribution is -1.84. The summed E-state index contributed by atoms with van der Waals surface area (Å²) in [6, 6.07) is 16.6. The highest BCUT2D eigenvalue weighted by molar-refractivity contribution is 9.08. The van der Waals surface area contributed by atoms with Crippen molar-refractivity contribution in [1.82, 2.24) is 0 Å². The molecule has 0 fully saturated rings. The van der Waals surface area contributed by atoms with E-state index in [1.807, 2.05) is 12.1 Å². The lowest BCUT2D eigenvalue weighted by atomic mass is 10.0. The zero-order chi connectivity index (χ0) is 11.4. The van der Waals surface area contributed by atoms with Crippen LogP contribution in [0.3, 0.4) is 0 Å². The second kappa shape index (κ2) is 5.17.